The van der Waals surface area contributed by atoms with Crippen molar-refractivity contribution in [3.05, 3.63) is 0 Å². The highest BCUT2D eigenvalue weighted by molar-refractivity contribution is 5.78. The van der Waals surface area contributed by atoms with Gasteiger partial charge in [0.25, 0.3) is 0 Å². The van der Waals surface area contributed by atoms with Gasteiger partial charge in [0.2, 0.25) is 5.91 Å². The van der Waals surface area contributed by atoms with Gasteiger partial charge in [0, 0.05) is 6.54 Å². The summed E-state index contributed by atoms with van der Waals surface area (Å²) in [7, 11) is 0. The number of rotatable bonds is 8. The maximum Gasteiger partial charge on any atom is 0.234 e. The average molecular weight is 216 g/mol. The zero-order valence-corrected chi connectivity index (χ0v) is 10.1. The van der Waals surface area contributed by atoms with Gasteiger partial charge in [-0.1, -0.05) is 20.3 Å². The number of aliphatic hydroxyl groups is 1. The lowest BCUT2D eigenvalue weighted by molar-refractivity contribution is -0.121. The SMILES string of the molecule is CCCNCC(=O)NCC(C)(O)CCC. The molecule has 1 unspecified atom stereocenters. The summed E-state index contributed by atoms with van der Waals surface area (Å²) in [5, 5.41) is 15.5. The molecular formula is C11H24N2O2. The van der Waals surface area contributed by atoms with Crippen molar-refractivity contribution >= 4 is 5.91 Å². The van der Waals surface area contributed by atoms with Crippen LogP contribution in [0, 0.1) is 0 Å². The summed E-state index contributed by atoms with van der Waals surface area (Å²) in [4.78, 5) is 11.3. The van der Waals surface area contributed by atoms with Gasteiger partial charge in [-0.15, -0.1) is 0 Å². The smallest absolute Gasteiger partial charge is 0.234 e. The fraction of sp³-hybridized carbons (Fsp3) is 0.909. The lowest BCUT2D eigenvalue weighted by Gasteiger charge is -2.22. The normalized spacial score (nSPS) is 14.7. The van der Waals surface area contributed by atoms with Crippen LogP contribution >= 0.6 is 0 Å². The van der Waals surface area contributed by atoms with Gasteiger partial charge in [-0.2, -0.15) is 0 Å². The molecular weight excluding hydrogens is 192 g/mol. The van der Waals surface area contributed by atoms with Crippen molar-refractivity contribution in [2.75, 3.05) is 19.6 Å². The Morgan fingerprint density at radius 2 is 2.00 bits per heavy atom. The van der Waals surface area contributed by atoms with Crippen LogP contribution in [0.25, 0.3) is 0 Å². The molecule has 4 nitrogen and oxygen atoms in total. The van der Waals surface area contributed by atoms with Crippen LogP contribution in [0.1, 0.15) is 40.0 Å². The molecule has 0 bridgehead atoms. The maximum absolute atomic E-state index is 11.3. The number of carbonyl (C=O) groups excluding carboxylic acids is 1. The topological polar surface area (TPSA) is 61.4 Å². The fourth-order valence-corrected chi connectivity index (χ4v) is 1.36. The second-order valence-electron chi connectivity index (χ2n) is 4.20. The van der Waals surface area contributed by atoms with E-state index >= 15 is 0 Å². The van der Waals surface area contributed by atoms with Crippen LogP contribution in [0.5, 0.6) is 0 Å². The first-order valence-corrected chi connectivity index (χ1v) is 5.71. The third-order valence-corrected chi connectivity index (χ3v) is 2.17. The number of nitrogens with one attached hydrogen (secondary N) is 2. The first-order valence-electron chi connectivity index (χ1n) is 5.71. The van der Waals surface area contributed by atoms with Crippen molar-refractivity contribution in [1.82, 2.24) is 10.6 Å². The van der Waals surface area contributed by atoms with E-state index < -0.39 is 5.60 Å². The fourth-order valence-electron chi connectivity index (χ4n) is 1.36. The zero-order chi connectivity index (χ0) is 11.7. The standard InChI is InChI=1S/C11H24N2O2/c1-4-6-11(3,15)9-13-10(14)8-12-7-5-2/h12,15H,4-9H2,1-3H3,(H,13,14). The van der Waals surface area contributed by atoms with Gasteiger partial charge < -0.3 is 15.7 Å². The van der Waals surface area contributed by atoms with Gasteiger partial charge in [-0.05, 0) is 26.3 Å². The van der Waals surface area contributed by atoms with Crippen molar-refractivity contribution in [2.45, 2.75) is 45.6 Å². The van der Waals surface area contributed by atoms with Gasteiger partial charge in [-0.25, -0.2) is 0 Å². The highest BCUT2D eigenvalue weighted by Crippen LogP contribution is 2.09. The molecule has 0 fully saturated rings. The molecule has 0 saturated heterocycles. The van der Waals surface area contributed by atoms with E-state index in [0.29, 0.717) is 19.5 Å². The van der Waals surface area contributed by atoms with E-state index in [4.69, 9.17) is 0 Å². The second kappa shape index (κ2) is 7.65. The van der Waals surface area contributed by atoms with Crippen molar-refractivity contribution in [3.8, 4) is 0 Å². The summed E-state index contributed by atoms with van der Waals surface area (Å²) < 4.78 is 0. The molecule has 0 aromatic carbocycles. The number of amides is 1. The summed E-state index contributed by atoms with van der Waals surface area (Å²) in [5.41, 5.74) is -0.783. The Bertz CT molecular complexity index is 181. The van der Waals surface area contributed by atoms with Gasteiger partial charge in [0.1, 0.15) is 0 Å². The van der Waals surface area contributed by atoms with E-state index in [1.54, 1.807) is 6.92 Å². The van der Waals surface area contributed by atoms with Crippen LogP contribution in [0.15, 0.2) is 0 Å². The molecule has 1 atom stereocenters. The summed E-state index contributed by atoms with van der Waals surface area (Å²) in [6, 6.07) is 0. The van der Waals surface area contributed by atoms with E-state index in [1.807, 2.05) is 6.92 Å². The van der Waals surface area contributed by atoms with Crippen molar-refractivity contribution in [1.29, 1.82) is 0 Å². The van der Waals surface area contributed by atoms with E-state index in [0.717, 1.165) is 19.4 Å². The van der Waals surface area contributed by atoms with E-state index in [1.165, 1.54) is 0 Å². The monoisotopic (exact) mass is 216 g/mol. The van der Waals surface area contributed by atoms with Gasteiger partial charge >= 0.3 is 0 Å². The molecule has 15 heavy (non-hydrogen) atoms. The number of hydrogen-bond donors (Lipinski definition) is 3. The first-order chi connectivity index (χ1) is 7.02. The van der Waals surface area contributed by atoms with Crippen LogP contribution in [-0.4, -0.2) is 36.2 Å². The Labute approximate surface area is 92.4 Å². The maximum atomic E-state index is 11.3. The lowest BCUT2D eigenvalue weighted by atomic mass is 10.0. The summed E-state index contributed by atoms with van der Waals surface area (Å²) in [6.07, 6.45) is 2.63. The third-order valence-electron chi connectivity index (χ3n) is 2.17. The highest BCUT2D eigenvalue weighted by Gasteiger charge is 2.19. The molecule has 4 heteroatoms. The largest absolute Gasteiger partial charge is 0.388 e. The Morgan fingerprint density at radius 1 is 1.33 bits per heavy atom. The molecule has 0 aliphatic carbocycles. The molecule has 0 aromatic rings. The Balaban J connectivity index is 3.60. The molecule has 0 aromatic heterocycles. The van der Waals surface area contributed by atoms with E-state index in [2.05, 4.69) is 17.6 Å². The van der Waals surface area contributed by atoms with Gasteiger partial charge in [0.15, 0.2) is 0 Å². The van der Waals surface area contributed by atoms with Crippen LogP contribution in [-0.2, 0) is 4.79 Å². The predicted octanol–water partition coefficient (Wildman–Crippen LogP) is 0.653. The van der Waals surface area contributed by atoms with Crippen molar-refractivity contribution in [3.63, 3.8) is 0 Å². The molecule has 3 N–H and O–H groups in total. The molecule has 0 rings (SSSR count). The van der Waals surface area contributed by atoms with E-state index in [-0.39, 0.29) is 5.91 Å². The predicted molar refractivity (Wildman–Crippen MR) is 61.7 cm³/mol. The van der Waals surface area contributed by atoms with Crippen molar-refractivity contribution < 1.29 is 9.90 Å². The van der Waals surface area contributed by atoms with E-state index in [9.17, 15) is 9.90 Å². The van der Waals surface area contributed by atoms with Crippen LogP contribution in [0.2, 0.25) is 0 Å². The minimum atomic E-state index is -0.783. The molecule has 90 valence electrons. The number of hydrogen-bond acceptors (Lipinski definition) is 3. The van der Waals surface area contributed by atoms with Gasteiger partial charge in [-0.3, -0.25) is 4.79 Å². The average Bonchev–Trinajstić information content (AvgIpc) is 2.15. The zero-order valence-electron chi connectivity index (χ0n) is 10.1. The Morgan fingerprint density at radius 3 is 2.53 bits per heavy atom. The van der Waals surface area contributed by atoms with Crippen molar-refractivity contribution in [2.24, 2.45) is 0 Å². The molecule has 0 saturated carbocycles. The molecule has 0 aliphatic heterocycles. The third kappa shape index (κ3) is 8.39. The van der Waals surface area contributed by atoms with Crippen LogP contribution in [0.3, 0.4) is 0 Å². The highest BCUT2D eigenvalue weighted by atomic mass is 16.3. The summed E-state index contributed by atoms with van der Waals surface area (Å²) in [6.45, 7) is 7.31. The lowest BCUT2D eigenvalue weighted by Crippen LogP contribution is -2.43. The first kappa shape index (κ1) is 14.4. The molecule has 0 radical (unpaired) electrons. The summed E-state index contributed by atoms with van der Waals surface area (Å²) >= 11 is 0. The van der Waals surface area contributed by atoms with Crippen LogP contribution in [0.4, 0.5) is 0 Å². The second-order valence-corrected chi connectivity index (χ2v) is 4.20. The number of carbonyl (C=O) groups is 1. The minimum absolute atomic E-state index is 0.0557. The molecule has 0 spiro atoms. The van der Waals surface area contributed by atoms with Crippen LogP contribution < -0.4 is 10.6 Å². The molecule has 0 heterocycles. The van der Waals surface area contributed by atoms with Gasteiger partial charge in [0.05, 0.1) is 12.1 Å². The molecule has 1 amide bonds. The quantitative estimate of drug-likeness (QED) is 0.522. The minimum Gasteiger partial charge on any atom is -0.388 e. The Hall–Kier alpha value is -0.610. The Kier molecular flexibility index (Phi) is 7.34. The molecule has 0 aliphatic rings. The summed E-state index contributed by atoms with van der Waals surface area (Å²) in [5.74, 6) is -0.0557.